The zero-order valence-electron chi connectivity index (χ0n) is 27.9. The van der Waals surface area contributed by atoms with Crippen LogP contribution in [-0.4, -0.2) is 72.8 Å². The SMILES string of the molecule is CC.CC(O)CNC(=O)c1ccc(-c2ccsc2)cc1.CCC.CCCCOCO[C@@H](CO)C(CCC(=O)[O-])NC(C)=O.[Na+]. The van der Waals surface area contributed by atoms with Crippen molar-refractivity contribution in [3.8, 4) is 11.1 Å². The summed E-state index contributed by atoms with van der Waals surface area (Å²) in [6.07, 6.45) is 1.83. The number of carboxylic acid groups (broad SMARTS) is 1. The molecule has 4 N–H and O–H groups in total. The Bertz CT molecular complexity index is 960. The number of aliphatic hydroxyl groups excluding tert-OH is 2. The van der Waals surface area contributed by atoms with Gasteiger partial charge in [-0.3, -0.25) is 9.59 Å². The first-order valence-corrected chi connectivity index (χ1v) is 15.9. The van der Waals surface area contributed by atoms with Gasteiger partial charge in [0.2, 0.25) is 5.91 Å². The molecule has 246 valence electrons. The number of hydrogen-bond donors (Lipinski definition) is 4. The second-order valence-corrected chi connectivity index (χ2v) is 10.1. The molecule has 0 spiro atoms. The minimum Gasteiger partial charge on any atom is -0.550 e. The van der Waals surface area contributed by atoms with Gasteiger partial charge >= 0.3 is 29.6 Å². The standard InChI is InChI=1S/C14H15NO2S.C13H25NO6.C3H8.C2H6.Na/c1-10(16)8-15-14(17)12-4-2-11(3-5-12)13-6-7-18-9-13;1-3-4-7-19-9-20-12(8-15)11(14-10(2)16)5-6-13(17)18;1-3-2;1-2;/h2-7,9-10,16H,8H2,1H3,(H,15,17);11-12,15H,3-9H2,1-2H3,(H,14,16)(H,17,18);3H2,1-2H3;1-2H3;/q;;;;+1/p-1/t;11?,12-;;;/m.0.../s1. The Morgan fingerprint density at radius 1 is 1.05 bits per heavy atom. The van der Waals surface area contributed by atoms with Gasteiger partial charge in [0.05, 0.1) is 18.8 Å². The smallest absolute Gasteiger partial charge is 0.550 e. The molecule has 1 heterocycles. The van der Waals surface area contributed by atoms with Crippen molar-refractivity contribution in [2.24, 2.45) is 0 Å². The topological polar surface area (TPSA) is 157 Å². The van der Waals surface area contributed by atoms with E-state index in [1.54, 1.807) is 30.4 Å². The van der Waals surface area contributed by atoms with E-state index >= 15 is 0 Å². The van der Waals surface area contributed by atoms with E-state index in [9.17, 15) is 24.6 Å². The molecular formula is C32H53N2NaO8S. The van der Waals surface area contributed by atoms with Gasteiger partial charge in [-0.05, 0) is 66.3 Å². The summed E-state index contributed by atoms with van der Waals surface area (Å²) in [6.45, 7) is 13.7. The average Bonchev–Trinajstić information content (AvgIpc) is 3.53. The zero-order valence-corrected chi connectivity index (χ0v) is 30.7. The van der Waals surface area contributed by atoms with Gasteiger partial charge in [0, 0.05) is 31.6 Å². The molecule has 44 heavy (non-hydrogen) atoms. The Kier molecular flexibility index (Phi) is 33.0. The molecule has 2 rings (SSSR count). The molecule has 2 amide bonds. The Labute approximate surface area is 290 Å². The van der Waals surface area contributed by atoms with E-state index < -0.39 is 24.2 Å². The van der Waals surface area contributed by atoms with Crippen molar-refractivity contribution in [2.45, 2.75) is 98.8 Å². The van der Waals surface area contributed by atoms with Crippen molar-refractivity contribution in [3.05, 3.63) is 46.7 Å². The summed E-state index contributed by atoms with van der Waals surface area (Å²) < 4.78 is 10.5. The molecule has 2 unspecified atom stereocenters. The average molecular weight is 649 g/mol. The number of ether oxygens (including phenoxy) is 2. The minimum atomic E-state index is -1.21. The molecular weight excluding hydrogens is 595 g/mol. The molecule has 0 radical (unpaired) electrons. The van der Waals surface area contributed by atoms with E-state index in [1.165, 1.54) is 13.3 Å². The number of amides is 2. The molecule has 12 heteroatoms. The molecule has 0 fully saturated rings. The van der Waals surface area contributed by atoms with Crippen molar-refractivity contribution >= 4 is 29.1 Å². The predicted molar refractivity (Wildman–Crippen MR) is 171 cm³/mol. The van der Waals surface area contributed by atoms with Crippen molar-refractivity contribution < 1.29 is 68.7 Å². The fraction of sp³-hybridized carbons (Fsp3) is 0.594. The van der Waals surface area contributed by atoms with Crippen molar-refractivity contribution in [1.29, 1.82) is 0 Å². The number of carbonyl (C=O) groups is 3. The van der Waals surface area contributed by atoms with Gasteiger partial charge in [-0.1, -0.05) is 59.6 Å². The normalized spacial score (nSPS) is 11.8. The maximum Gasteiger partial charge on any atom is 1.00 e. The molecule has 0 bridgehead atoms. The molecule has 1 aromatic heterocycles. The molecule has 0 saturated carbocycles. The molecule has 0 aliphatic rings. The van der Waals surface area contributed by atoms with Crippen LogP contribution in [0.1, 0.15) is 90.9 Å². The fourth-order valence-electron chi connectivity index (χ4n) is 3.21. The van der Waals surface area contributed by atoms with E-state index in [-0.39, 0.29) is 74.2 Å². The third kappa shape index (κ3) is 24.5. The second-order valence-electron chi connectivity index (χ2n) is 9.34. The predicted octanol–water partition coefficient (Wildman–Crippen LogP) is 1.15. The Morgan fingerprint density at radius 3 is 2.11 bits per heavy atom. The molecule has 0 aliphatic carbocycles. The van der Waals surface area contributed by atoms with Crippen LogP contribution in [0.2, 0.25) is 0 Å². The molecule has 0 aliphatic heterocycles. The number of aliphatic hydroxyl groups is 2. The van der Waals surface area contributed by atoms with E-state index in [4.69, 9.17) is 14.6 Å². The number of benzene rings is 1. The van der Waals surface area contributed by atoms with Crippen molar-refractivity contribution in [3.63, 3.8) is 0 Å². The van der Waals surface area contributed by atoms with Gasteiger partial charge < -0.3 is 40.2 Å². The fourth-order valence-corrected chi connectivity index (χ4v) is 3.87. The van der Waals surface area contributed by atoms with Crippen LogP contribution < -0.4 is 45.3 Å². The summed E-state index contributed by atoms with van der Waals surface area (Å²) in [4.78, 5) is 33.3. The van der Waals surface area contributed by atoms with Crippen LogP contribution in [0.25, 0.3) is 11.1 Å². The second kappa shape index (κ2) is 31.2. The van der Waals surface area contributed by atoms with E-state index in [2.05, 4.69) is 29.9 Å². The molecule has 0 saturated heterocycles. The maximum absolute atomic E-state index is 11.7. The first-order valence-electron chi connectivity index (χ1n) is 14.9. The number of thiophene rings is 1. The third-order valence-electron chi connectivity index (χ3n) is 5.24. The summed E-state index contributed by atoms with van der Waals surface area (Å²) >= 11 is 1.65. The Balaban J connectivity index is -0.000000654. The Hall–Kier alpha value is -1.83. The molecule has 2 aromatic rings. The molecule has 3 atom stereocenters. The van der Waals surface area contributed by atoms with Crippen LogP contribution in [-0.2, 0) is 19.1 Å². The quantitative estimate of drug-likeness (QED) is 0.120. The number of nitrogens with one attached hydrogen (secondary N) is 2. The summed E-state index contributed by atoms with van der Waals surface area (Å²) in [7, 11) is 0. The van der Waals surface area contributed by atoms with Crippen molar-refractivity contribution in [2.75, 3.05) is 26.6 Å². The van der Waals surface area contributed by atoms with Gasteiger partial charge in [0.25, 0.3) is 5.91 Å². The summed E-state index contributed by atoms with van der Waals surface area (Å²) in [5, 5.41) is 38.2. The van der Waals surface area contributed by atoms with Crippen molar-refractivity contribution in [1.82, 2.24) is 10.6 Å². The molecule has 10 nitrogen and oxygen atoms in total. The van der Waals surface area contributed by atoms with Crippen LogP contribution >= 0.6 is 11.3 Å². The number of unbranched alkanes of at least 4 members (excludes halogenated alkanes) is 1. The maximum atomic E-state index is 11.7. The third-order valence-corrected chi connectivity index (χ3v) is 5.93. The number of rotatable bonds is 16. The molecule has 1 aromatic carbocycles. The van der Waals surface area contributed by atoms with Gasteiger partial charge in [0.15, 0.2) is 0 Å². The number of carbonyl (C=O) groups excluding carboxylic acids is 3. The monoisotopic (exact) mass is 648 g/mol. The van der Waals surface area contributed by atoms with E-state index in [1.807, 2.05) is 44.4 Å². The number of hydrogen-bond acceptors (Lipinski definition) is 9. The first-order chi connectivity index (χ1) is 20.6. The number of carboxylic acids is 1. The van der Waals surface area contributed by atoms with Gasteiger partial charge in [0.1, 0.15) is 12.9 Å². The van der Waals surface area contributed by atoms with Crippen LogP contribution in [0.4, 0.5) is 0 Å². The van der Waals surface area contributed by atoms with Crippen LogP contribution in [0, 0.1) is 0 Å². The summed E-state index contributed by atoms with van der Waals surface area (Å²) in [5.41, 5.74) is 2.87. The van der Waals surface area contributed by atoms with Gasteiger partial charge in [-0.25, -0.2) is 0 Å². The van der Waals surface area contributed by atoms with Gasteiger partial charge in [-0.15, -0.1) is 0 Å². The number of aliphatic carboxylic acids is 1. The zero-order chi connectivity index (χ0) is 33.0. The largest absolute Gasteiger partial charge is 1.00 e. The minimum absolute atomic E-state index is 0. The summed E-state index contributed by atoms with van der Waals surface area (Å²) in [6, 6.07) is 8.91. The van der Waals surface area contributed by atoms with E-state index in [0.29, 0.717) is 12.2 Å². The van der Waals surface area contributed by atoms with Gasteiger partial charge in [-0.2, -0.15) is 11.3 Å². The van der Waals surface area contributed by atoms with Crippen LogP contribution in [0.5, 0.6) is 0 Å². The summed E-state index contributed by atoms with van der Waals surface area (Å²) in [5.74, 6) is -1.69. The van der Waals surface area contributed by atoms with E-state index in [0.717, 1.165) is 24.0 Å². The first kappa shape index (κ1) is 46.6. The Morgan fingerprint density at radius 2 is 1.66 bits per heavy atom. The van der Waals surface area contributed by atoms with Crippen LogP contribution in [0.15, 0.2) is 41.1 Å². The van der Waals surface area contributed by atoms with Crippen LogP contribution in [0.3, 0.4) is 0 Å².